The average molecular weight is 938 g/mol. The molecule has 388 valence electrons. The first-order chi connectivity index (χ1) is 33.0. The summed E-state index contributed by atoms with van der Waals surface area (Å²) >= 11 is 0. The number of rotatable bonds is 52. The molecule has 0 N–H and O–H groups in total. The van der Waals surface area contributed by atoms with E-state index >= 15 is 0 Å². The fourth-order valence-corrected chi connectivity index (χ4v) is 8.10. The Hall–Kier alpha value is -2.89. The normalized spacial score (nSPS) is 12.5. The van der Waals surface area contributed by atoms with Gasteiger partial charge in [0.15, 0.2) is 6.10 Å². The second-order valence-electron chi connectivity index (χ2n) is 19.2. The van der Waals surface area contributed by atoms with Crippen molar-refractivity contribution < 1.29 is 28.6 Å². The number of unbranched alkanes of at least 4 members (excludes halogenated alkanes) is 31. The number of hydrogen-bond acceptors (Lipinski definition) is 6. The van der Waals surface area contributed by atoms with Gasteiger partial charge in [0.2, 0.25) is 0 Å². The fourth-order valence-electron chi connectivity index (χ4n) is 8.10. The Morgan fingerprint density at radius 3 is 0.910 bits per heavy atom. The minimum Gasteiger partial charge on any atom is -0.462 e. The minimum absolute atomic E-state index is 0.0794. The van der Waals surface area contributed by atoms with Gasteiger partial charge in [0.25, 0.3) is 0 Å². The van der Waals surface area contributed by atoms with Crippen LogP contribution in [0.4, 0.5) is 0 Å². The monoisotopic (exact) mass is 937 g/mol. The van der Waals surface area contributed by atoms with Crippen LogP contribution in [0.15, 0.2) is 60.8 Å². The molecule has 1 unspecified atom stereocenters. The Labute approximate surface area is 415 Å². The molecule has 0 aromatic carbocycles. The summed E-state index contributed by atoms with van der Waals surface area (Å²) in [7, 11) is 0. The molecule has 0 aromatic heterocycles. The van der Waals surface area contributed by atoms with Crippen molar-refractivity contribution in [2.24, 2.45) is 0 Å². The van der Waals surface area contributed by atoms with Gasteiger partial charge in [0.1, 0.15) is 13.2 Å². The molecule has 0 heterocycles. The second kappa shape index (κ2) is 55.7. The van der Waals surface area contributed by atoms with Gasteiger partial charge in [-0.1, -0.05) is 236 Å². The topological polar surface area (TPSA) is 78.9 Å². The minimum atomic E-state index is -0.779. The average Bonchev–Trinajstić information content (AvgIpc) is 3.33. The number of esters is 3. The molecule has 1 atom stereocenters. The maximum Gasteiger partial charge on any atom is 0.306 e. The van der Waals surface area contributed by atoms with E-state index in [4.69, 9.17) is 14.2 Å². The van der Waals surface area contributed by atoms with E-state index in [1.165, 1.54) is 148 Å². The third-order valence-electron chi connectivity index (χ3n) is 12.4. The summed E-state index contributed by atoms with van der Waals surface area (Å²) in [6.45, 7) is 6.50. The maximum atomic E-state index is 12.7. The lowest BCUT2D eigenvalue weighted by molar-refractivity contribution is -0.167. The highest BCUT2D eigenvalue weighted by molar-refractivity contribution is 5.71. The zero-order valence-electron chi connectivity index (χ0n) is 44.4. The Kier molecular flexibility index (Phi) is 53.3. The van der Waals surface area contributed by atoms with Gasteiger partial charge in [0.05, 0.1) is 0 Å². The lowest BCUT2D eigenvalue weighted by Gasteiger charge is -2.18. The summed E-state index contributed by atoms with van der Waals surface area (Å²) in [5, 5.41) is 0. The summed E-state index contributed by atoms with van der Waals surface area (Å²) in [6.07, 6.45) is 69.6. The van der Waals surface area contributed by atoms with Crippen LogP contribution in [-0.4, -0.2) is 37.2 Å². The molecule has 0 fully saturated rings. The van der Waals surface area contributed by atoms with Crippen LogP contribution in [0.2, 0.25) is 0 Å². The van der Waals surface area contributed by atoms with Crippen molar-refractivity contribution >= 4 is 17.9 Å². The van der Waals surface area contributed by atoms with E-state index in [0.717, 1.165) is 103 Å². The number of carbonyl (C=O) groups excluding carboxylic acids is 3. The molecule has 0 aromatic rings. The van der Waals surface area contributed by atoms with Crippen molar-refractivity contribution in [1.82, 2.24) is 0 Å². The summed E-state index contributed by atoms with van der Waals surface area (Å²) in [6, 6.07) is 0. The first-order valence-electron chi connectivity index (χ1n) is 28.8. The summed E-state index contributed by atoms with van der Waals surface area (Å²) in [5.41, 5.74) is 0. The van der Waals surface area contributed by atoms with Crippen molar-refractivity contribution in [3.8, 4) is 0 Å². The molecule has 0 bridgehead atoms. The van der Waals surface area contributed by atoms with Crippen molar-refractivity contribution in [2.45, 2.75) is 297 Å². The van der Waals surface area contributed by atoms with E-state index < -0.39 is 6.10 Å². The molecule has 6 heteroatoms. The van der Waals surface area contributed by atoms with Crippen LogP contribution >= 0.6 is 0 Å². The molecule has 6 nitrogen and oxygen atoms in total. The van der Waals surface area contributed by atoms with Crippen LogP contribution in [0.5, 0.6) is 0 Å². The van der Waals surface area contributed by atoms with Gasteiger partial charge in [-0.2, -0.15) is 0 Å². The number of allylic oxidation sites excluding steroid dienone is 10. The molecular formula is C61H108O6. The largest absolute Gasteiger partial charge is 0.462 e. The van der Waals surface area contributed by atoms with Gasteiger partial charge in [0, 0.05) is 19.3 Å². The molecule has 0 aliphatic rings. The molecule has 0 saturated carbocycles. The Balaban J connectivity index is 4.08. The standard InChI is InChI=1S/C61H108O6/c1-4-7-10-13-16-19-22-23-24-25-26-27-28-29-30-31-32-33-34-35-36-37-38-39-40-43-45-48-51-54-60(63)66-57-58(67-61(64)55-52-49-46-42-21-18-15-12-9-6-3)56-65-59(62)53-50-47-44-41-20-17-14-11-8-5-2/h11-12,14-15,22-23,25-26,28-29,58H,4-10,13,16-21,24,27,30-57H2,1-3H3/b14-11-,15-12-,23-22-,26-25-,29-28-. The van der Waals surface area contributed by atoms with Crippen molar-refractivity contribution in [1.29, 1.82) is 0 Å². The van der Waals surface area contributed by atoms with Crippen LogP contribution in [-0.2, 0) is 28.6 Å². The molecule has 67 heavy (non-hydrogen) atoms. The number of ether oxygens (including phenoxy) is 3. The maximum absolute atomic E-state index is 12.7. The summed E-state index contributed by atoms with van der Waals surface area (Å²) in [5.74, 6) is -0.896. The zero-order valence-corrected chi connectivity index (χ0v) is 44.4. The molecule has 0 aliphatic heterocycles. The molecule has 0 radical (unpaired) electrons. The third-order valence-corrected chi connectivity index (χ3v) is 12.4. The SMILES string of the molecule is CCC/C=C\CCCCCCCC(=O)OCC(COC(=O)CCCCCCCCCCCCCCCC/C=C\C/C=C\C/C=C\CCCCCCC)OC(=O)CCCCCCC/C=C\CCC. The highest BCUT2D eigenvalue weighted by atomic mass is 16.6. The van der Waals surface area contributed by atoms with Crippen LogP contribution in [0.25, 0.3) is 0 Å². The van der Waals surface area contributed by atoms with Gasteiger partial charge in [-0.15, -0.1) is 0 Å². The van der Waals surface area contributed by atoms with E-state index in [0.29, 0.717) is 19.3 Å². The van der Waals surface area contributed by atoms with Gasteiger partial charge in [-0.25, -0.2) is 0 Å². The molecule has 0 aliphatic carbocycles. The molecule has 0 amide bonds. The third kappa shape index (κ3) is 53.9. The summed E-state index contributed by atoms with van der Waals surface area (Å²) in [4.78, 5) is 37.9. The van der Waals surface area contributed by atoms with Crippen LogP contribution in [0.3, 0.4) is 0 Å². The van der Waals surface area contributed by atoms with E-state index in [2.05, 4.69) is 81.5 Å². The molecular weight excluding hydrogens is 829 g/mol. The predicted octanol–water partition coefficient (Wildman–Crippen LogP) is 19.2. The highest BCUT2D eigenvalue weighted by Gasteiger charge is 2.19. The first kappa shape index (κ1) is 64.1. The smallest absolute Gasteiger partial charge is 0.306 e. The quantitative estimate of drug-likeness (QED) is 0.0262. The van der Waals surface area contributed by atoms with Crippen LogP contribution < -0.4 is 0 Å². The number of hydrogen-bond donors (Lipinski definition) is 0. The Morgan fingerprint density at radius 1 is 0.299 bits per heavy atom. The van der Waals surface area contributed by atoms with Crippen LogP contribution in [0, 0.1) is 0 Å². The first-order valence-corrected chi connectivity index (χ1v) is 28.8. The fraction of sp³-hybridized carbons (Fsp3) is 0.787. The Bertz CT molecular complexity index is 1210. The Morgan fingerprint density at radius 2 is 0.567 bits per heavy atom. The van der Waals surface area contributed by atoms with Gasteiger partial charge in [-0.05, 0) is 96.3 Å². The molecule has 0 rings (SSSR count). The van der Waals surface area contributed by atoms with Gasteiger partial charge < -0.3 is 14.2 Å². The predicted molar refractivity (Wildman–Crippen MR) is 288 cm³/mol. The molecule has 0 saturated heterocycles. The molecule has 0 spiro atoms. The van der Waals surface area contributed by atoms with E-state index in [9.17, 15) is 14.4 Å². The van der Waals surface area contributed by atoms with Gasteiger partial charge in [-0.3, -0.25) is 14.4 Å². The van der Waals surface area contributed by atoms with E-state index in [1.807, 2.05) is 0 Å². The van der Waals surface area contributed by atoms with Crippen molar-refractivity contribution in [3.63, 3.8) is 0 Å². The van der Waals surface area contributed by atoms with Gasteiger partial charge >= 0.3 is 17.9 Å². The van der Waals surface area contributed by atoms with Crippen molar-refractivity contribution in [2.75, 3.05) is 13.2 Å². The second-order valence-corrected chi connectivity index (χ2v) is 19.2. The zero-order chi connectivity index (χ0) is 48.6. The highest BCUT2D eigenvalue weighted by Crippen LogP contribution is 2.16. The lowest BCUT2D eigenvalue weighted by atomic mass is 10.0. The van der Waals surface area contributed by atoms with Crippen LogP contribution in [0.1, 0.15) is 290 Å². The van der Waals surface area contributed by atoms with Crippen molar-refractivity contribution in [3.05, 3.63) is 60.8 Å². The van der Waals surface area contributed by atoms with E-state index in [1.54, 1.807) is 0 Å². The number of carbonyl (C=O) groups is 3. The van der Waals surface area contributed by atoms with E-state index in [-0.39, 0.29) is 31.1 Å². The lowest BCUT2D eigenvalue weighted by Crippen LogP contribution is -2.30. The summed E-state index contributed by atoms with van der Waals surface area (Å²) < 4.78 is 16.8.